The fraction of sp³-hybridized carbons (Fsp3) is 0.429. The van der Waals surface area contributed by atoms with Gasteiger partial charge in [0.2, 0.25) is 0 Å². The molecule has 2 aliphatic rings. The third-order valence-corrected chi connectivity index (χ3v) is 4.71. The molecule has 0 spiro atoms. The summed E-state index contributed by atoms with van der Waals surface area (Å²) in [5, 5.41) is 9.61. The van der Waals surface area contributed by atoms with E-state index in [4.69, 9.17) is 14.2 Å². The first-order valence-electron chi connectivity index (χ1n) is 9.08. The first-order valence-corrected chi connectivity index (χ1v) is 9.08. The Kier molecular flexibility index (Phi) is 7.28. The van der Waals surface area contributed by atoms with Crippen LogP contribution in [0.25, 0.3) is 0 Å². The van der Waals surface area contributed by atoms with Crippen LogP contribution in [0.5, 0.6) is 0 Å². The second-order valence-corrected chi connectivity index (χ2v) is 6.94. The van der Waals surface area contributed by atoms with Crippen molar-refractivity contribution in [3.05, 3.63) is 47.6 Å². The zero-order valence-electron chi connectivity index (χ0n) is 16.4. The number of esters is 3. The lowest BCUT2D eigenvalue weighted by Crippen LogP contribution is -2.45. The molecular weight excluding hydrogens is 380 g/mol. The molecule has 0 saturated carbocycles. The Labute approximate surface area is 168 Å². The average molecular weight is 404 g/mol. The number of carbonyl (C=O) groups excluding carboxylic acids is 4. The quantitative estimate of drug-likeness (QED) is 0.240. The molecule has 0 aromatic rings. The van der Waals surface area contributed by atoms with Crippen molar-refractivity contribution < 1.29 is 38.5 Å². The minimum Gasteiger partial charge on any atom is -0.454 e. The van der Waals surface area contributed by atoms with Crippen LogP contribution in [-0.4, -0.2) is 54.2 Å². The van der Waals surface area contributed by atoms with Crippen LogP contribution in [0, 0.1) is 5.92 Å². The molecule has 0 radical (unpaired) electrons. The van der Waals surface area contributed by atoms with Gasteiger partial charge in [0.05, 0.1) is 12.5 Å². The zero-order chi connectivity index (χ0) is 21.7. The van der Waals surface area contributed by atoms with E-state index < -0.39 is 42.1 Å². The van der Waals surface area contributed by atoms with Crippen LogP contribution in [0.15, 0.2) is 47.6 Å². The summed E-state index contributed by atoms with van der Waals surface area (Å²) in [5.74, 6) is -3.12. The molecular formula is C21H24O8. The van der Waals surface area contributed by atoms with E-state index in [0.717, 1.165) is 6.92 Å². The molecule has 0 aromatic heterocycles. The van der Waals surface area contributed by atoms with Gasteiger partial charge in [-0.2, -0.15) is 0 Å². The van der Waals surface area contributed by atoms with E-state index in [-0.39, 0.29) is 23.3 Å². The van der Waals surface area contributed by atoms with Gasteiger partial charge in [0.1, 0.15) is 12.4 Å². The van der Waals surface area contributed by atoms with E-state index >= 15 is 0 Å². The largest absolute Gasteiger partial charge is 0.454 e. The summed E-state index contributed by atoms with van der Waals surface area (Å²) in [4.78, 5) is 48.0. The van der Waals surface area contributed by atoms with Crippen molar-refractivity contribution in [3.63, 3.8) is 0 Å². The fourth-order valence-corrected chi connectivity index (χ4v) is 3.28. The van der Waals surface area contributed by atoms with Crippen LogP contribution in [0.3, 0.4) is 0 Å². The summed E-state index contributed by atoms with van der Waals surface area (Å²) in [6.45, 7) is 9.59. The molecule has 0 unspecified atom stereocenters. The molecule has 8 heteroatoms. The summed E-state index contributed by atoms with van der Waals surface area (Å²) in [5.41, 5.74) is 0.745. The van der Waals surface area contributed by atoms with Gasteiger partial charge >= 0.3 is 17.9 Å². The monoisotopic (exact) mass is 404 g/mol. The van der Waals surface area contributed by atoms with Gasteiger partial charge in [-0.25, -0.2) is 9.59 Å². The summed E-state index contributed by atoms with van der Waals surface area (Å²) in [7, 11) is 0. The number of carbonyl (C=O) groups is 4. The number of allylic oxidation sites excluding steroid dienone is 1. The predicted octanol–water partition coefficient (Wildman–Crippen LogP) is 1.34. The minimum atomic E-state index is -1.27. The van der Waals surface area contributed by atoms with Crippen LogP contribution >= 0.6 is 0 Å². The second-order valence-electron chi connectivity index (χ2n) is 6.94. The van der Waals surface area contributed by atoms with E-state index in [9.17, 15) is 24.3 Å². The summed E-state index contributed by atoms with van der Waals surface area (Å²) in [6.07, 6.45) is 0.932. The number of aliphatic hydroxyl groups excluding tert-OH is 1. The maximum absolute atomic E-state index is 12.3. The Hall–Kier alpha value is -3.00. The van der Waals surface area contributed by atoms with Gasteiger partial charge in [-0.1, -0.05) is 19.2 Å². The molecule has 1 aliphatic carbocycles. The Morgan fingerprint density at radius 2 is 2.03 bits per heavy atom. The lowest BCUT2D eigenvalue weighted by Gasteiger charge is -2.33. The van der Waals surface area contributed by atoms with E-state index in [2.05, 4.69) is 13.2 Å². The Balaban J connectivity index is 2.65. The van der Waals surface area contributed by atoms with Gasteiger partial charge < -0.3 is 19.3 Å². The average Bonchev–Trinajstić information content (AvgIpc) is 2.93. The van der Waals surface area contributed by atoms with Crippen molar-refractivity contribution in [2.24, 2.45) is 5.92 Å². The van der Waals surface area contributed by atoms with Crippen molar-refractivity contribution >= 4 is 24.2 Å². The highest BCUT2D eigenvalue weighted by atomic mass is 16.6. The first kappa shape index (κ1) is 22.3. The Bertz CT molecular complexity index is 803. The van der Waals surface area contributed by atoms with Gasteiger partial charge in [-0.15, -0.1) is 0 Å². The van der Waals surface area contributed by atoms with Crippen LogP contribution in [0.2, 0.25) is 0 Å². The van der Waals surface area contributed by atoms with Crippen molar-refractivity contribution in [1.29, 1.82) is 0 Å². The van der Waals surface area contributed by atoms with Crippen molar-refractivity contribution in [1.82, 2.24) is 0 Å². The van der Waals surface area contributed by atoms with Gasteiger partial charge in [0, 0.05) is 23.6 Å². The molecule has 0 aromatic carbocycles. The number of aldehydes is 1. The molecule has 2 rings (SSSR count). The Morgan fingerprint density at radius 3 is 2.59 bits per heavy atom. The molecule has 156 valence electrons. The molecule has 0 bridgehead atoms. The third-order valence-electron chi connectivity index (χ3n) is 4.71. The highest BCUT2D eigenvalue weighted by Crippen LogP contribution is 2.37. The highest BCUT2D eigenvalue weighted by molar-refractivity contribution is 5.92. The number of hydrogen-bond acceptors (Lipinski definition) is 8. The minimum absolute atomic E-state index is 0.00558. The van der Waals surface area contributed by atoms with Gasteiger partial charge in [-0.05, 0) is 31.4 Å². The summed E-state index contributed by atoms with van der Waals surface area (Å²) < 4.78 is 16.2. The maximum Gasteiger partial charge on any atom is 0.334 e. The van der Waals surface area contributed by atoms with E-state index in [1.165, 1.54) is 6.92 Å². The molecule has 1 fully saturated rings. The topological polar surface area (TPSA) is 116 Å². The SMILES string of the molecule is C=C(C)C(=O)O[C@H]1[C@H]2C(=C)C(=O)O[C@H]2/C=C(/CO)CC/C=C(/C=O)[C@H]1OC(C)=O. The van der Waals surface area contributed by atoms with Crippen LogP contribution in [0.1, 0.15) is 26.7 Å². The van der Waals surface area contributed by atoms with Crippen molar-refractivity contribution in [3.8, 4) is 0 Å². The number of ether oxygens (including phenoxy) is 3. The summed E-state index contributed by atoms with van der Waals surface area (Å²) in [6, 6.07) is 0. The van der Waals surface area contributed by atoms with Crippen molar-refractivity contribution in [2.45, 2.75) is 45.0 Å². The zero-order valence-corrected chi connectivity index (χ0v) is 16.4. The molecule has 0 amide bonds. The molecule has 29 heavy (non-hydrogen) atoms. The highest BCUT2D eigenvalue weighted by Gasteiger charge is 2.49. The number of hydrogen-bond donors (Lipinski definition) is 1. The molecule has 4 atom stereocenters. The molecule has 1 heterocycles. The van der Waals surface area contributed by atoms with Crippen molar-refractivity contribution in [2.75, 3.05) is 6.61 Å². The second kappa shape index (κ2) is 9.47. The lowest BCUT2D eigenvalue weighted by atomic mass is 9.83. The maximum atomic E-state index is 12.3. The van der Waals surface area contributed by atoms with Crippen LogP contribution in [-0.2, 0) is 33.4 Å². The predicted molar refractivity (Wildman–Crippen MR) is 101 cm³/mol. The fourth-order valence-electron chi connectivity index (χ4n) is 3.28. The standard InChI is InChI=1S/C21H24O8/c1-11(2)20(25)29-19-17-12(3)21(26)28-16(17)8-14(9-22)6-5-7-15(10-23)18(19)27-13(4)24/h7-8,10,16-19,22H,1,3,5-6,9H2,2,4H3/b14-8+,15-7-/t16-,17-,18+,19-/m0/s1. The first-order chi connectivity index (χ1) is 13.7. The molecule has 8 nitrogen and oxygen atoms in total. The van der Waals surface area contributed by atoms with Crippen LogP contribution < -0.4 is 0 Å². The van der Waals surface area contributed by atoms with E-state index in [1.54, 1.807) is 12.2 Å². The Morgan fingerprint density at radius 1 is 1.34 bits per heavy atom. The smallest absolute Gasteiger partial charge is 0.334 e. The third kappa shape index (κ3) is 5.08. The van der Waals surface area contributed by atoms with Gasteiger partial charge in [0.15, 0.2) is 12.2 Å². The van der Waals surface area contributed by atoms with E-state index in [1.807, 2.05) is 0 Å². The molecule has 1 saturated heterocycles. The summed E-state index contributed by atoms with van der Waals surface area (Å²) >= 11 is 0. The number of aliphatic hydroxyl groups is 1. The van der Waals surface area contributed by atoms with Gasteiger partial charge in [0.25, 0.3) is 0 Å². The molecule has 1 N–H and O–H groups in total. The lowest BCUT2D eigenvalue weighted by molar-refractivity contribution is -0.166. The van der Waals surface area contributed by atoms with Gasteiger partial charge in [-0.3, -0.25) is 9.59 Å². The number of rotatable bonds is 5. The number of fused-ring (bicyclic) bond motifs is 1. The van der Waals surface area contributed by atoms with Crippen LogP contribution in [0.4, 0.5) is 0 Å². The van der Waals surface area contributed by atoms with E-state index in [0.29, 0.717) is 24.7 Å². The normalized spacial score (nSPS) is 30.6. The molecule has 1 aliphatic heterocycles.